The van der Waals surface area contributed by atoms with E-state index in [1.165, 1.54) is 11.1 Å². The van der Waals surface area contributed by atoms with E-state index >= 15 is 0 Å². The van der Waals surface area contributed by atoms with E-state index in [0.29, 0.717) is 13.0 Å². The molecule has 0 fully saturated rings. The zero-order valence-corrected chi connectivity index (χ0v) is 10.7. The minimum Gasteiger partial charge on any atom is -0.493 e. The van der Waals surface area contributed by atoms with Gasteiger partial charge in [0.15, 0.2) is 0 Å². The van der Waals surface area contributed by atoms with E-state index in [2.05, 4.69) is 6.92 Å². The first kappa shape index (κ1) is 13.6. The first-order valence-corrected chi connectivity index (χ1v) is 5.99. The lowest BCUT2D eigenvalue weighted by atomic mass is 10.0. The number of hydrogen-bond acceptors (Lipinski definition) is 2. The summed E-state index contributed by atoms with van der Waals surface area (Å²) in [5.41, 5.74) is 3.34. The second-order valence-electron chi connectivity index (χ2n) is 4.29. The monoisotopic (exact) mass is 236 g/mol. The summed E-state index contributed by atoms with van der Waals surface area (Å²) in [7, 11) is 0. The number of rotatable bonds is 6. The third kappa shape index (κ3) is 4.10. The molecule has 1 rings (SSSR count). The molecule has 0 unspecified atom stereocenters. The van der Waals surface area contributed by atoms with Crippen molar-refractivity contribution in [3.8, 4) is 5.75 Å². The zero-order chi connectivity index (χ0) is 12.8. The maximum atomic E-state index is 10.6. The minimum absolute atomic E-state index is 0.144. The van der Waals surface area contributed by atoms with Crippen LogP contribution >= 0.6 is 0 Å². The quantitative estimate of drug-likeness (QED) is 0.825. The largest absolute Gasteiger partial charge is 0.493 e. The Kier molecular flexibility index (Phi) is 5.01. The highest BCUT2D eigenvalue weighted by molar-refractivity contribution is 5.67. The van der Waals surface area contributed by atoms with Gasteiger partial charge < -0.3 is 9.84 Å². The van der Waals surface area contributed by atoms with E-state index in [0.717, 1.165) is 17.7 Å². The average molecular weight is 236 g/mol. The lowest BCUT2D eigenvalue weighted by molar-refractivity contribution is -0.136. The molecule has 3 heteroatoms. The predicted octanol–water partition coefficient (Wildman–Crippen LogP) is 3.11. The molecule has 0 amide bonds. The standard InChI is InChI=1S/C14H20O3/c1-4-7-17-13-9-11(3)10(2)8-12(13)5-6-14(15)16/h8-9H,4-7H2,1-3H3,(H,15,16). The van der Waals surface area contributed by atoms with Gasteiger partial charge in [-0.3, -0.25) is 4.79 Å². The second kappa shape index (κ2) is 6.28. The fourth-order valence-electron chi connectivity index (χ4n) is 1.63. The highest BCUT2D eigenvalue weighted by atomic mass is 16.5. The number of aliphatic carboxylic acids is 1. The molecule has 17 heavy (non-hydrogen) atoms. The fraction of sp³-hybridized carbons (Fsp3) is 0.500. The van der Waals surface area contributed by atoms with Crippen molar-refractivity contribution in [3.05, 3.63) is 28.8 Å². The summed E-state index contributed by atoms with van der Waals surface area (Å²) >= 11 is 0. The van der Waals surface area contributed by atoms with E-state index in [1.807, 2.05) is 26.0 Å². The Morgan fingerprint density at radius 1 is 1.29 bits per heavy atom. The Labute approximate surface area is 102 Å². The van der Waals surface area contributed by atoms with Crippen molar-refractivity contribution in [2.45, 2.75) is 40.0 Å². The molecule has 0 aromatic heterocycles. The molecule has 0 aliphatic heterocycles. The number of hydrogen-bond donors (Lipinski definition) is 1. The first-order valence-electron chi connectivity index (χ1n) is 5.99. The van der Waals surface area contributed by atoms with E-state index in [-0.39, 0.29) is 6.42 Å². The Bertz CT molecular complexity index is 397. The Balaban J connectivity index is 2.90. The molecule has 1 aromatic rings. The summed E-state index contributed by atoms with van der Waals surface area (Å²) in [6, 6.07) is 4.03. The van der Waals surface area contributed by atoms with Gasteiger partial charge in [-0.2, -0.15) is 0 Å². The summed E-state index contributed by atoms with van der Waals surface area (Å²) in [4.78, 5) is 10.6. The molecule has 0 aliphatic carbocycles. The summed E-state index contributed by atoms with van der Waals surface area (Å²) in [5, 5.41) is 8.72. The minimum atomic E-state index is -0.773. The van der Waals surface area contributed by atoms with Crippen molar-refractivity contribution in [3.63, 3.8) is 0 Å². The molecule has 0 atom stereocenters. The van der Waals surface area contributed by atoms with Crippen LogP contribution in [0.2, 0.25) is 0 Å². The molecule has 0 saturated heterocycles. The molecule has 0 radical (unpaired) electrons. The van der Waals surface area contributed by atoms with Crippen molar-refractivity contribution in [1.29, 1.82) is 0 Å². The van der Waals surface area contributed by atoms with Crippen LogP contribution in [0.15, 0.2) is 12.1 Å². The highest BCUT2D eigenvalue weighted by Gasteiger charge is 2.08. The van der Waals surface area contributed by atoms with Crippen molar-refractivity contribution in [1.82, 2.24) is 0 Å². The van der Waals surface area contributed by atoms with Crippen LogP contribution in [0.5, 0.6) is 5.75 Å². The van der Waals surface area contributed by atoms with Crippen LogP contribution in [0.3, 0.4) is 0 Å². The SMILES string of the molecule is CCCOc1cc(C)c(C)cc1CCC(=O)O. The normalized spacial score (nSPS) is 10.3. The lowest BCUT2D eigenvalue weighted by Crippen LogP contribution is -2.03. The van der Waals surface area contributed by atoms with Gasteiger partial charge in [-0.1, -0.05) is 13.0 Å². The number of carboxylic acid groups (broad SMARTS) is 1. The summed E-state index contributed by atoms with van der Waals surface area (Å²) in [6.45, 7) is 6.79. The highest BCUT2D eigenvalue weighted by Crippen LogP contribution is 2.24. The summed E-state index contributed by atoms with van der Waals surface area (Å²) in [5.74, 6) is 0.0564. The van der Waals surface area contributed by atoms with Gasteiger partial charge in [0.2, 0.25) is 0 Å². The zero-order valence-electron chi connectivity index (χ0n) is 10.7. The van der Waals surface area contributed by atoms with Gasteiger partial charge in [0.05, 0.1) is 6.61 Å². The molecule has 1 aromatic carbocycles. The van der Waals surface area contributed by atoms with Gasteiger partial charge >= 0.3 is 5.97 Å². The van der Waals surface area contributed by atoms with Crippen molar-refractivity contribution in [2.24, 2.45) is 0 Å². The fourth-order valence-corrected chi connectivity index (χ4v) is 1.63. The van der Waals surface area contributed by atoms with Gasteiger partial charge in [0, 0.05) is 6.42 Å². The van der Waals surface area contributed by atoms with Gasteiger partial charge in [0.1, 0.15) is 5.75 Å². The number of ether oxygens (including phenoxy) is 1. The molecule has 1 N–H and O–H groups in total. The van der Waals surface area contributed by atoms with E-state index in [9.17, 15) is 4.79 Å². The van der Waals surface area contributed by atoms with Crippen LogP contribution in [0.4, 0.5) is 0 Å². The van der Waals surface area contributed by atoms with Crippen molar-refractivity contribution < 1.29 is 14.6 Å². The maximum Gasteiger partial charge on any atom is 0.303 e. The first-order chi connectivity index (χ1) is 8.04. The summed E-state index contributed by atoms with van der Waals surface area (Å²) < 4.78 is 5.66. The van der Waals surface area contributed by atoms with Crippen molar-refractivity contribution >= 4 is 5.97 Å². The average Bonchev–Trinajstić information content (AvgIpc) is 2.28. The van der Waals surface area contributed by atoms with Crippen LogP contribution in [-0.2, 0) is 11.2 Å². The number of aryl methyl sites for hydroxylation is 3. The van der Waals surface area contributed by atoms with E-state index in [4.69, 9.17) is 9.84 Å². The topological polar surface area (TPSA) is 46.5 Å². The third-order valence-electron chi connectivity index (χ3n) is 2.75. The third-order valence-corrected chi connectivity index (χ3v) is 2.75. The van der Waals surface area contributed by atoms with Crippen LogP contribution < -0.4 is 4.74 Å². The Hall–Kier alpha value is -1.51. The predicted molar refractivity (Wildman–Crippen MR) is 67.7 cm³/mol. The Morgan fingerprint density at radius 3 is 2.53 bits per heavy atom. The summed E-state index contributed by atoms with van der Waals surface area (Å²) in [6.07, 6.45) is 1.62. The molecular weight excluding hydrogens is 216 g/mol. The number of carboxylic acids is 1. The second-order valence-corrected chi connectivity index (χ2v) is 4.29. The molecule has 94 valence electrons. The molecule has 3 nitrogen and oxygen atoms in total. The maximum absolute atomic E-state index is 10.6. The number of carbonyl (C=O) groups is 1. The lowest BCUT2D eigenvalue weighted by Gasteiger charge is -2.13. The molecule has 0 spiro atoms. The van der Waals surface area contributed by atoms with Crippen LogP contribution in [0, 0.1) is 13.8 Å². The van der Waals surface area contributed by atoms with Gasteiger partial charge in [-0.25, -0.2) is 0 Å². The van der Waals surface area contributed by atoms with Crippen LogP contribution in [-0.4, -0.2) is 17.7 Å². The van der Waals surface area contributed by atoms with Crippen LogP contribution in [0.1, 0.15) is 36.5 Å². The molecule has 0 aliphatic rings. The van der Waals surface area contributed by atoms with Crippen LogP contribution in [0.25, 0.3) is 0 Å². The molecule has 0 heterocycles. The van der Waals surface area contributed by atoms with Gasteiger partial charge in [0.25, 0.3) is 0 Å². The van der Waals surface area contributed by atoms with Crippen molar-refractivity contribution in [2.75, 3.05) is 6.61 Å². The van der Waals surface area contributed by atoms with E-state index < -0.39 is 5.97 Å². The number of benzene rings is 1. The van der Waals surface area contributed by atoms with E-state index in [1.54, 1.807) is 0 Å². The molecular formula is C14H20O3. The Morgan fingerprint density at radius 2 is 1.94 bits per heavy atom. The molecule has 0 bridgehead atoms. The smallest absolute Gasteiger partial charge is 0.303 e. The molecule has 0 saturated carbocycles. The van der Waals surface area contributed by atoms with Gasteiger partial charge in [-0.15, -0.1) is 0 Å². The van der Waals surface area contributed by atoms with Gasteiger partial charge in [-0.05, 0) is 49.4 Å².